The molecule has 0 saturated carbocycles. The van der Waals surface area contributed by atoms with Gasteiger partial charge in [-0.3, -0.25) is 0 Å². The first-order chi connectivity index (χ1) is 10.0. The van der Waals surface area contributed by atoms with Crippen molar-refractivity contribution < 1.29 is 4.39 Å². The van der Waals surface area contributed by atoms with Crippen molar-refractivity contribution >= 4 is 23.2 Å². The van der Waals surface area contributed by atoms with Gasteiger partial charge in [-0.1, -0.05) is 42.3 Å². The smallest absolute Gasteiger partial charge is 0.123 e. The van der Waals surface area contributed by atoms with Crippen molar-refractivity contribution in [1.82, 2.24) is 5.32 Å². The number of likely N-dealkylation sites (N-methyl/N-ethyl adjacent to an activating group) is 1. The standard InChI is InChI=1S/C17H18Cl2FN/c1-3-21-17(14-5-4-6-15(18)11(14)2)10-12-9-13(20)7-8-16(12)19/h4-9,17,21H,3,10H2,1-2H3. The summed E-state index contributed by atoms with van der Waals surface area (Å²) in [7, 11) is 0. The highest BCUT2D eigenvalue weighted by atomic mass is 35.5. The first-order valence-corrected chi connectivity index (χ1v) is 7.70. The lowest BCUT2D eigenvalue weighted by atomic mass is 9.95. The Labute approximate surface area is 135 Å². The molecule has 4 heteroatoms. The fourth-order valence-corrected chi connectivity index (χ4v) is 2.84. The zero-order valence-corrected chi connectivity index (χ0v) is 13.6. The minimum Gasteiger partial charge on any atom is -0.310 e. The second-order valence-corrected chi connectivity index (χ2v) is 5.82. The summed E-state index contributed by atoms with van der Waals surface area (Å²) >= 11 is 12.4. The van der Waals surface area contributed by atoms with Crippen LogP contribution < -0.4 is 5.32 Å². The quantitative estimate of drug-likeness (QED) is 0.782. The number of benzene rings is 2. The van der Waals surface area contributed by atoms with Gasteiger partial charge in [-0.25, -0.2) is 4.39 Å². The molecule has 0 radical (unpaired) electrons. The van der Waals surface area contributed by atoms with E-state index in [1.807, 2.05) is 32.0 Å². The summed E-state index contributed by atoms with van der Waals surface area (Å²) in [6.45, 7) is 4.85. The van der Waals surface area contributed by atoms with Gasteiger partial charge in [-0.05, 0) is 60.8 Å². The highest BCUT2D eigenvalue weighted by molar-refractivity contribution is 6.31. The molecule has 1 atom stereocenters. The average Bonchev–Trinajstić information content (AvgIpc) is 2.45. The molecule has 0 aliphatic carbocycles. The van der Waals surface area contributed by atoms with Gasteiger partial charge >= 0.3 is 0 Å². The molecule has 0 heterocycles. The lowest BCUT2D eigenvalue weighted by molar-refractivity contribution is 0.544. The van der Waals surface area contributed by atoms with Gasteiger partial charge in [0.1, 0.15) is 5.82 Å². The van der Waals surface area contributed by atoms with Gasteiger partial charge in [-0.15, -0.1) is 0 Å². The summed E-state index contributed by atoms with van der Waals surface area (Å²) in [5.41, 5.74) is 2.95. The third-order valence-corrected chi connectivity index (χ3v) is 4.35. The van der Waals surface area contributed by atoms with Crippen LogP contribution in [0.2, 0.25) is 10.0 Å². The molecular formula is C17H18Cl2FN. The Balaban J connectivity index is 2.35. The van der Waals surface area contributed by atoms with E-state index < -0.39 is 0 Å². The van der Waals surface area contributed by atoms with Crippen molar-refractivity contribution in [3.8, 4) is 0 Å². The minimum atomic E-state index is -0.271. The summed E-state index contributed by atoms with van der Waals surface area (Å²) in [5, 5.41) is 4.74. The van der Waals surface area contributed by atoms with Crippen molar-refractivity contribution in [3.05, 3.63) is 69.0 Å². The molecule has 112 valence electrons. The van der Waals surface area contributed by atoms with E-state index in [9.17, 15) is 4.39 Å². The molecule has 2 aromatic carbocycles. The molecule has 1 nitrogen and oxygen atoms in total. The van der Waals surface area contributed by atoms with E-state index in [2.05, 4.69) is 5.32 Å². The Bertz CT molecular complexity index is 628. The molecule has 0 amide bonds. The normalized spacial score (nSPS) is 12.4. The molecule has 1 N–H and O–H groups in total. The second-order valence-electron chi connectivity index (χ2n) is 5.00. The fraction of sp³-hybridized carbons (Fsp3) is 0.294. The van der Waals surface area contributed by atoms with Crippen molar-refractivity contribution in [3.63, 3.8) is 0 Å². The van der Waals surface area contributed by atoms with Crippen molar-refractivity contribution in [1.29, 1.82) is 0 Å². The molecule has 0 aliphatic heterocycles. The molecule has 0 aromatic heterocycles. The van der Waals surface area contributed by atoms with Crippen LogP contribution in [0, 0.1) is 12.7 Å². The first-order valence-electron chi connectivity index (χ1n) is 6.95. The Hall–Kier alpha value is -1.09. The van der Waals surface area contributed by atoms with Crippen LogP contribution in [-0.2, 0) is 6.42 Å². The fourth-order valence-electron chi connectivity index (χ4n) is 2.46. The topological polar surface area (TPSA) is 12.0 Å². The van der Waals surface area contributed by atoms with Crippen LogP contribution in [0.3, 0.4) is 0 Å². The molecule has 0 saturated heterocycles. The maximum atomic E-state index is 13.4. The van der Waals surface area contributed by atoms with Crippen molar-refractivity contribution in [2.45, 2.75) is 26.3 Å². The SMILES string of the molecule is CCNC(Cc1cc(F)ccc1Cl)c1cccc(Cl)c1C. The highest BCUT2D eigenvalue weighted by Crippen LogP contribution is 2.29. The van der Waals surface area contributed by atoms with Gasteiger partial charge in [0.25, 0.3) is 0 Å². The lowest BCUT2D eigenvalue weighted by Gasteiger charge is -2.21. The first kappa shape index (κ1) is 16.3. The number of nitrogens with one attached hydrogen (secondary N) is 1. The number of hydrogen-bond acceptors (Lipinski definition) is 1. The van der Waals surface area contributed by atoms with E-state index in [0.29, 0.717) is 11.4 Å². The van der Waals surface area contributed by atoms with E-state index in [1.54, 1.807) is 6.07 Å². The Morgan fingerprint density at radius 3 is 2.62 bits per heavy atom. The number of halogens is 3. The zero-order valence-electron chi connectivity index (χ0n) is 12.1. The van der Waals surface area contributed by atoms with E-state index in [0.717, 1.165) is 28.3 Å². The number of rotatable bonds is 5. The lowest BCUT2D eigenvalue weighted by Crippen LogP contribution is -2.24. The van der Waals surface area contributed by atoms with Crippen molar-refractivity contribution in [2.24, 2.45) is 0 Å². The average molecular weight is 326 g/mol. The molecule has 1 unspecified atom stereocenters. The summed E-state index contributed by atoms with van der Waals surface area (Å²) in [6, 6.07) is 10.4. The van der Waals surface area contributed by atoms with Crippen LogP contribution in [0.25, 0.3) is 0 Å². The van der Waals surface area contributed by atoms with Crippen LogP contribution in [0.5, 0.6) is 0 Å². The third-order valence-electron chi connectivity index (χ3n) is 3.57. The summed E-state index contributed by atoms with van der Waals surface area (Å²) < 4.78 is 13.4. The second kappa shape index (κ2) is 7.26. The Morgan fingerprint density at radius 1 is 1.14 bits per heavy atom. The Kier molecular flexibility index (Phi) is 5.63. The molecule has 2 aromatic rings. The van der Waals surface area contributed by atoms with Gasteiger partial charge in [0.15, 0.2) is 0 Å². The maximum Gasteiger partial charge on any atom is 0.123 e. The van der Waals surface area contributed by atoms with E-state index in [1.165, 1.54) is 12.1 Å². The summed E-state index contributed by atoms with van der Waals surface area (Å²) in [6.07, 6.45) is 0.617. The van der Waals surface area contributed by atoms with E-state index >= 15 is 0 Å². The highest BCUT2D eigenvalue weighted by Gasteiger charge is 2.16. The van der Waals surface area contributed by atoms with Crippen molar-refractivity contribution in [2.75, 3.05) is 6.54 Å². The number of hydrogen-bond donors (Lipinski definition) is 1. The van der Waals surface area contributed by atoms with Gasteiger partial charge in [0.05, 0.1) is 0 Å². The van der Waals surface area contributed by atoms with Gasteiger partial charge in [-0.2, -0.15) is 0 Å². The molecule has 0 fully saturated rings. The van der Waals surface area contributed by atoms with Gasteiger partial charge in [0, 0.05) is 16.1 Å². The van der Waals surface area contributed by atoms with Crippen LogP contribution in [0.15, 0.2) is 36.4 Å². The van der Waals surface area contributed by atoms with Gasteiger partial charge < -0.3 is 5.32 Å². The Morgan fingerprint density at radius 2 is 1.90 bits per heavy atom. The molecule has 2 rings (SSSR count). The van der Waals surface area contributed by atoms with Crippen LogP contribution in [0.1, 0.15) is 29.7 Å². The third kappa shape index (κ3) is 3.97. The predicted octanol–water partition coefficient (Wildman–Crippen LogP) is 5.33. The molecular weight excluding hydrogens is 308 g/mol. The largest absolute Gasteiger partial charge is 0.310 e. The summed E-state index contributed by atoms with van der Waals surface area (Å²) in [5.74, 6) is -0.271. The van der Waals surface area contributed by atoms with E-state index in [-0.39, 0.29) is 11.9 Å². The molecule has 0 aliphatic rings. The van der Waals surface area contributed by atoms with Crippen LogP contribution >= 0.6 is 23.2 Å². The minimum absolute atomic E-state index is 0.0491. The van der Waals surface area contributed by atoms with E-state index in [4.69, 9.17) is 23.2 Å². The summed E-state index contributed by atoms with van der Waals surface area (Å²) in [4.78, 5) is 0. The monoisotopic (exact) mass is 325 g/mol. The predicted molar refractivity (Wildman–Crippen MR) is 87.7 cm³/mol. The maximum absolute atomic E-state index is 13.4. The molecule has 0 spiro atoms. The van der Waals surface area contributed by atoms with Gasteiger partial charge in [0.2, 0.25) is 0 Å². The molecule has 21 heavy (non-hydrogen) atoms. The van der Waals surface area contributed by atoms with Crippen LogP contribution in [-0.4, -0.2) is 6.54 Å². The molecule has 0 bridgehead atoms. The van der Waals surface area contributed by atoms with Crippen LogP contribution in [0.4, 0.5) is 4.39 Å². The zero-order chi connectivity index (χ0) is 15.4.